The molecular weight excluding hydrogens is 373 g/mol. The summed E-state index contributed by atoms with van der Waals surface area (Å²) in [6.45, 7) is 1.12. The number of nitrogens with one attached hydrogen (secondary N) is 1. The zero-order chi connectivity index (χ0) is 20.1. The lowest BCUT2D eigenvalue weighted by atomic mass is 10.1. The van der Waals surface area contributed by atoms with Crippen molar-refractivity contribution in [3.8, 4) is 0 Å². The number of hydrogen-bond donors (Lipinski definition) is 1. The summed E-state index contributed by atoms with van der Waals surface area (Å²) in [6, 6.07) is 13.8. The molecule has 5 nitrogen and oxygen atoms in total. The normalized spacial score (nSPS) is 17.5. The molecule has 0 spiro atoms. The van der Waals surface area contributed by atoms with E-state index in [2.05, 4.69) is 5.32 Å². The number of carbonyl (C=O) groups excluding carboxylic acids is 2. The maximum Gasteiger partial charge on any atom is 0.416 e. The Labute approximate surface area is 160 Å². The molecule has 1 atom stereocenters. The van der Waals surface area contributed by atoms with Gasteiger partial charge >= 0.3 is 6.18 Å². The number of benzene rings is 2. The summed E-state index contributed by atoms with van der Waals surface area (Å²) in [5.74, 6) is -0.895. The standard InChI is InChI=1S/C20H19F3N2O3/c21-20(22,23)15-7-4-8-16(11-15)24-18(26)12-17-19(27)25(9-10-28-17)13-14-5-2-1-3-6-14/h1-8,11,17H,9-10,12-13H2,(H,24,26). The van der Waals surface area contributed by atoms with E-state index in [0.717, 1.165) is 17.7 Å². The molecule has 1 saturated heterocycles. The van der Waals surface area contributed by atoms with Crippen LogP contribution in [0.3, 0.4) is 0 Å². The van der Waals surface area contributed by atoms with Crippen molar-refractivity contribution in [1.29, 1.82) is 0 Å². The summed E-state index contributed by atoms with van der Waals surface area (Å²) in [7, 11) is 0. The molecule has 0 bridgehead atoms. The summed E-state index contributed by atoms with van der Waals surface area (Å²) < 4.78 is 43.7. The summed E-state index contributed by atoms with van der Waals surface area (Å²) in [5.41, 5.74) is 0.124. The van der Waals surface area contributed by atoms with E-state index in [1.807, 2.05) is 30.3 Å². The molecule has 2 amide bonds. The molecule has 1 aliphatic heterocycles. The van der Waals surface area contributed by atoms with Gasteiger partial charge in [0, 0.05) is 18.8 Å². The van der Waals surface area contributed by atoms with Crippen LogP contribution in [-0.4, -0.2) is 36.0 Å². The quantitative estimate of drug-likeness (QED) is 0.848. The molecule has 2 aromatic rings. The number of halogens is 3. The predicted molar refractivity (Wildman–Crippen MR) is 96.3 cm³/mol. The Balaban J connectivity index is 1.60. The van der Waals surface area contributed by atoms with Crippen LogP contribution in [0.25, 0.3) is 0 Å². The first-order valence-electron chi connectivity index (χ1n) is 8.74. The summed E-state index contributed by atoms with van der Waals surface area (Å²) in [4.78, 5) is 26.4. The zero-order valence-electron chi connectivity index (χ0n) is 14.9. The first-order valence-corrected chi connectivity index (χ1v) is 8.74. The van der Waals surface area contributed by atoms with Gasteiger partial charge in [-0.25, -0.2) is 0 Å². The number of nitrogens with zero attached hydrogens (tertiary/aromatic N) is 1. The molecule has 3 rings (SSSR count). The van der Waals surface area contributed by atoms with Gasteiger partial charge in [-0.1, -0.05) is 36.4 Å². The first kappa shape index (κ1) is 19.9. The monoisotopic (exact) mass is 392 g/mol. The van der Waals surface area contributed by atoms with Crippen LogP contribution in [0, 0.1) is 0 Å². The van der Waals surface area contributed by atoms with E-state index in [4.69, 9.17) is 4.74 Å². The molecule has 148 valence electrons. The fraction of sp³-hybridized carbons (Fsp3) is 0.300. The lowest BCUT2D eigenvalue weighted by Crippen LogP contribution is -2.48. The Morgan fingerprint density at radius 2 is 1.89 bits per heavy atom. The lowest BCUT2D eigenvalue weighted by Gasteiger charge is -2.32. The number of rotatable bonds is 5. The van der Waals surface area contributed by atoms with Crippen molar-refractivity contribution in [3.63, 3.8) is 0 Å². The fourth-order valence-corrected chi connectivity index (χ4v) is 2.95. The third kappa shape index (κ3) is 5.10. The van der Waals surface area contributed by atoms with Gasteiger partial charge in [-0.2, -0.15) is 13.2 Å². The number of amides is 2. The number of alkyl halides is 3. The highest BCUT2D eigenvalue weighted by Gasteiger charge is 2.32. The van der Waals surface area contributed by atoms with Crippen LogP contribution >= 0.6 is 0 Å². The van der Waals surface area contributed by atoms with Crippen molar-refractivity contribution in [2.24, 2.45) is 0 Å². The Bertz CT molecular complexity index is 840. The molecule has 1 N–H and O–H groups in total. The van der Waals surface area contributed by atoms with E-state index < -0.39 is 23.8 Å². The number of morpholine rings is 1. The van der Waals surface area contributed by atoms with Gasteiger partial charge in [0.25, 0.3) is 5.91 Å². The van der Waals surface area contributed by atoms with Gasteiger partial charge in [0.05, 0.1) is 18.6 Å². The molecule has 2 aromatic carbocycles. The van der Waals surface area contributed by atoms with Crippen molar-refractivity contribution in [3.05, 3.63) is 65.7 Å². The Morgan fingerprint density at radius 1 is 1.14 bits per heavy atom. The Hall–Kier alpha value is -2.87. The molecule has 0 aromatic heterocycles. The second-order valence-corrected chi connectivity index (χ2v) is 6.44. The molecular formula is C20H19F3N2O3. The van der Waals surface area contributed by atoms with Crippen LogP contribution in [0.2, 0.25) is 0 Å². The van der Waals surface area contributed by atoms with Gasteiger partial charge in [0.1, 0.15) is 6.10 Å². The van der Waals surface area contributed by atoms with Crippen molar-refractivity contribution in [2.75, 3.05) is 18.5 Å². The number of hydrogen-bond acceptors (Lipinski definition) is 3. The average Bonchev–Trinajstić information content (AvgIpc) is 2.65. The van der Waals surface area contributed by atoms with E-state index in [9.17, 15) is 22.8 Å². The van der Waals surface area contributed by atoms with Gasteiger partial charge in [0.2, 0.25) is 5.91 Å². The second kappa shape index (κ2) is 8.43. The predicted octanol–water partition coefficient (Wildman–Crippen LogP) is 3.46. The molecule has 0 radical (unpaired) electrons. The van der Waals surface area contributed by atoms with Crippen LogP contribution < -0.4 is 5.32 Å². The largest absolute Gasteiger partial charge is 0.416 e. The minimum atomic E-state index is -4.50. The third-order valence-corrected chi connectivity index (χ3v) is 4.33. The van der Waals surface area contributed by atoms with Crippen molar-refractivity contribution in [1.82, 2.24) is 4.90 Å². The maximum atomic E-state index is 12.8. The number of ether oxygens (including phenoxy) is 1. The fourth-order valence-electron chi connectivity index (χ4n) is 2.95. The Kier molecular flexibility index (Phi) is 5.99. The van der Waals surface area contributed by atoms with E-state index in [1.165, 1.54) is 12.1 Å². The molecule has 8 heteroatoms. The minimum absolute atomic E-state index is 0.0178. The summed E-state index contributed by atoms with van der Waals surface area (Å²) >= 11 is 0. The van der Waals surface area contributed by atoms with E-state index in [1.54, 1.807) is 4.90 Å². The SMILES string of the molecule is O=C(CC1OCCN(Cc2ccccc2)C1=O)Nc1cccc(C(F)(F)F)c1. The number of carbonyl (C=O) groups is 2. The van der Waals surface area contributed by atoms with Crippen LogP contribution in [0.15, 0.2) is 54.6 Å². The average molecular weight is 392 g/mol. The molecule has 0 aliphatic carbocycles. The van der Waals surface area contributed by atoms with Gasteiger partial charge in [-0.3, -0.25) is 9.59 Å². The van der Waals surface area contributed by atoms with Crippen LogP contribution in [0.5, 0.6) is 0 Å². The summed E-state index contributed by atoms with van der Waals surface area (Å²) in [6.07, 6.45) is -5.72. The van der Waals surface area contributed by atoms with Gasteiger partial charge in [0.15, 0.2) is 0 Å². The maximum absolute atomic E-state index is 12.8. The van der Waals surface area contributed by atoms with Crippen LogP contribution in [0.1, 0.15) is 17.5 Å². The van der Waals surface area contributed by atoms with Gasteiger partial charge in [-0.05, 0) is 23.8 Å². The number of anilines is 1. The molecule has 1 fully saturated rings. The highest BCUT2D eigenvalue weighted by Crippen LogP contribution is 2.30. The molecule has 1 unspecified atom stereocenters. The van der Waals surface area contributed by atoms with Crippen LogP contribution in [-0.2, 0) is 27.0 Å². The lowest BCUT2D eigenvalue weighted by molar-refractivity contribution is -0.155. The molecule has 28 heavy (non-hydrogen) atoms. The Morgan fingerprint density at radius 3 is 2.61 bits per heavy atom. The summed E-state index contributed by atoms with van der Waals surface area (Å²) in [5, 5.41) is 2.40. The molecule has 1 aliphatic rings. The molecule has 0 saturated carbocycles. The van der Waals surface area contributed by atoms with Crippen molar-refractivity contribution < 1.29 is 27.5 Å². The van der Waals surface area contributed by atoms with Gasteiger partial charge < -0.3 is 15.0 Å². The zero-order valence-corrected chi connectivity index (χ0v) is 14.9. The highest BCUT2D eigenvalue weighted by molar-refractivity contribution is 5.95. The minimum Gasteiger partial charge on any atom is -0.366 e. The van der Waals surface area contributed by atoms with E-state index >= 15 is 0 Å². The molecule has 1 heterocycles. The second-order valence-electron chi connectivity index (χ2n) is 6.44. The van der Waals surface area contributed by atoms with E-state index in [0.29, 0.717) is 19.7 Å². The van der Waals surface area contributed by atoms with Crippen molar-refractivity contribution in [2.45, 2.75) is 25.2 Å². The first-order chi connectivity index (χ1) is 13.3. The van der Waals surface area contributed by atoms with Crippen LogP contribution in [0.4, 0.5) is 18.9 Å². The van der Waals surface area contributed by atoms with Crippen molar-refractivity contribution >= 4 is 17.5 Å². The van der Waals surface area contributed by atoms with Gasteiger partial charge in [-0.15, -0.1) is 0 Å². The highest BCUT2D eigenvalue weighted by atomic mass is 19.4. The topological polar surface area (TPSA) is 58.6 Å². The van der Waals surface area contributed by atoms with E-state index in [-0.39, 0.29) is 18.0 Å². The third-order valence-electron chi connectivity index (χ3n) is 4.33. The smallest absolute Gasteiger partial charge is 0.366 e.